The standard InChI is InChI=1S/C30H40N2O6S/c1-20(2)38-30(35)37-19-36-29(34)27-25(18-26(39-27)22-8-6-5-7-9-22)32(24-14-16-31(4)17-15-24)28(33)23-12-10-21(3)11-13-23/h5-9,18,20-21,23-24H,10-17,19H2,1-4H3/p+1. The van der Waals surface area contributed by atoms with Crippen molar-refractivity contribution in [3.63, 3.8) is 0 Å². The summed E-state index contributed by atoms with van der Waals surface area (Å²) in [4.78, 5) is 44.0. The predicted octanol–water partition coefficient (Wildman–Crippen LogP) is 4.93. The highest BCUT2D eigenvalue weighted by atomic mass is 32.1. The summed E-state index contributed by atoms with van der Waals surface area (Å²) in [5.41, 5.74) is 1.56. The van der Waals surface area contributed by atoms with Crippen molar-refractivity contribution >= 4 is 35.1 Å². The number of ether oxygens (including phenoxy) is 3. The lowest BCUT2D eigenvalue weighted by atomic mass is 9.82. The van der Waals surface area contributed by atoms with Crippen LogP contribution in [0.5, 0.6) is 0 Å². The van der Waals surface area contributed by atoms with Crippen LogP contribution in [0.1, 0.15) is 69.0 Å². The molecule has 2 aliphatic rings. The molecule has 1 aliphatic heterocycles. The molecular weight excluding hydrogens is 516 g/mol. The van der Waals surface area contributed by atoms with E-state index in [0.29, 0.717) is 16.5 Å². The normalized spacial score (nSPS) is 23.2. The van der Waals surface area contributed by atoms with E-state index in [-0.39, 0.29) is 24.0 Å². The molecule has 4 rings (SSSR count). The number of rotatable bonds is 8. The molecule has 2 heterocycles. The summed E-state index contributed by atoms with van der Waals surface area (Å²) in [5.74, 6) is 0.0669. The third-order valence-corrected chi connectivity index (χ3v) is 8.84. The number of hydrogen-bond acceptors (Lipinski definition) is 7. The van der Waals surface area contributed by atoms with Crippen LogP contribution >= 0.6 is 11.3 Å². The largest absolute Gasteiger partial charge is 0.511 e. The van der Waals surface area contributed by atoms with Gasteiger partial charge in [0.15, 0.2) is 0 Å². The van der Waals surface area contributed by atoms with Crippen LogP contribution in [-0.2, 0) is 19.0 Å². The van der Waals surface area contributed by atoms with Gasteiger partial charge in [-0.2, -0.15) is 0 Å². The average molecular weight is 558 g/mol. The van der Waals surface area contributed by atoms with E-state index in [1.165, 1.54) is 16.2 Å². The fourth-order valence-corrected chi connectivity index (χ4v) is 6.48. The van der Waals surface area contributed by atoms with E-state index in [1.54, 1.807) is 13.8 Å². The summed E-state index contributed by atoms with van der Waals surface area (Å²) < 4.78 is 15.3. The lowest BCUT2D eigenvalue weighted by Crippen LogP contribution is -3.10. The van der Waals surface area contributed by atoms with Gasteiger partial charge in [0.05, 0.1) is 31.9 Å². The first-order valence-corrected chi connectivity index (χ1v) is 14.9. The second kappa shape index (κ2) is 13.4. The average Bonchev–Trinajstić information content (AvgIpc) is 3.35. The Morgan fingerprint density at radius 2 is 1.67 bits per heavy atom. The van der Waals surface area contributed by atoms with Crippen molar-refractivity contribution in [2.24, 2.45) is 11.8 Å². The molecule has 1 aromatic heterocycles. The fraction of sp³-hybridized carbons (Fsp3) is 0.567. The number of esters is 1. The van der Waals surface area contributed by atoms with Crippen molar-refractivity contribution in [2.45, 2.75) is 71.4 Å². The third-order valence-electron chi connectivity index (χ3n) is 7.69. The molecular formula is C30H41N2O6S+. The zero-order valence-electron chi connectivity index (χ0n) is 23.4. The Morgan fingerprint density at radius 1 is 1.00 bits per heavy atom. The smallest absolute Gasteiger partial charge is 0.431 e. The van der Waals surface area contributed by atoms with Gasteiger partial charge in [-0.3, -0.25) is 4.79 Å². The van der Waals surface area contributed by atoms with E-state index in [9.17, 15) is 14.4 Å². The molecule has 1 aromatic carbocycles. The summed E-state index contributed by atoms with van der Waals surface area (Å²) in [6, 6.07) is 11.8. The number of amides is 1. The van der Waals surface area contributed by atoms with Crippen molar-refractivity contribution in [1.82, 2.24) is 0 Å². The topological polar surface area (TPSA) is 86.6 Å². The van der Waals surface area contributed by atoms with Crippen LogP contribution in [0.25, 0.3) is 10.4 Å². The monoisotopic (exact) mass is 557 g/mol. The molecule has 212 valence electrons. The number of nitrogens with zero attached hydrogens (tertiary/aromatic N) is 1. The van der Waals surface area contributed by atoms with Crippen molar-refractivity contribution in [3.8, 4) is 10.4 Å². The summed E-state index contributed by atoms with van der Waals surface area (Å²) >= 11 is 1.30. The van der Waals surface area contributed by atoms with Gasteiger partial charge in [-0.25, -0.2) is 9.59 Å². The number of piperidine rings is 1. The molecule has 1 aliphatic carbocycles. The molecule has 1 saturated carbocycles. The van der Waals surface area contributed by atoms with Crippen LogP contribution < -0.4 is 9.80 Å². The number of quaternary nitrogens is 1. The Bertz CT molecular complexity index is 1120. The number of likely N-dealkylation sites (tertiary alicyclic amines) is 1. The van der Waals surface area contributed by atoms with Gasteiger partial charge >= 0.3 is 12.1 Å². The lowest BCUT2D eigenvalue weighted by molar-refractivity contribution is -0.884. The van der Waals surface area contributed by atoms with Crippen molar-refractivity contribution < 1.29 is 33.5 Å². The van der Waals surface area contributed by atoms with E-state index < -0.39 is 18.9 Å². The fourth-order valence-electron chi connectivity index (χ4n) is 5.43. The minimum Gasteiger partial charge on any atom is -0.431 e. The molecule has 1 N–H and O–H groups in total. The molecule has 1 saturated heterocycles. The maximum Gasteiger partial charge on any atom is 0.511 e. The molecule has 2 aromatic rings. The zero-order chi connectivity index (χ0) is 27.9. The highest BCUT2D eigenvalue weighted by Crippen LogP contribution is 2.41. The van der Waals surface area contributed by atoms with Gasteiger partial charge in [0.1, 0.15) is 4.88 Å². The first-order valence-electron chi connectivity index (χ1n) is 14.1. The van der Waals surface area contributed by atoms with Crippen molar-refractivity contribution in [3.05, 3.63) is 41.3 Å². The number of thiophene rings is 1. The summed E-state index contributed by atoms with van der Waals surface area (Å²) in [7, 11) is 2.18. The molecule has 0 spiro atoms. The molecule has 8 nitrogen and oxygen atoms in total. The van der Waals surface area contributed by atoms with E-state index >= 15 is 0 Å². The number of nitrogens with one attached hydrogen (secondary N) is 1. The Balaban J connectivity index is 1.66. The summed E-state index contributed by atoms with van der Waals surface area (Å²) in [5, 5.41) is 0. The van der Waals surface area contributed by atoms with Gasteiger partial charge in [0.25, 0.3) is 0 Å². The molecule has 9 heteroatoms. The van der Waals surface area contributed by atoms with Crippen LogP contribution in [0.15, 0.2) is 36.4 Å². The maximum atomic E-state index is 14.2. The molecule has 0 bridgehead atoms. The molecule has 0 atom stereocenters. The molecule has 1 amide bonds. The number of hydrogen-bond donors (Lipinski definition) is 1. The van der Waals surface area contributed by atoms with E-state index in [0.717, 1.165) is 62.1 Å². The van der Waals surface area contributed by atoms with Gasteiger partial charge < -0.3 is 24.0 Å². The van der Waals surface area contributed by atoms with Gasteiger partial charge in [0.2, 0.25) is 12.7 Å². The first kappa shape index (κ1) is 29.1. The Hall–Kier alpha value is -2.91. The maximum absolute atomic E-state index is 14.2. The summed E-state index contributed by atoms with van der Waals surface area (Å²) in [6.07, 6.45) is 4.33. The second-order valence-electron chi connectivity index (χ2n) is 11.2. The Kier molecular flexibility index (Phi) is 10.0. The highest BCUT2D eigenvalue weighted by Gasteiger charge is 2.38. The zero-order valence-corrected chi connectivity index (χ0v) is 24.3. The van der Waals surface area contributed by atoms with Gasteiger partial charge in [0, 0.05) is 29.7 Å². The number of carbonyl (C=O) groups is 3. The van der Waals surface area contributed by atoms with Crippen LogP contribution in [0.3, 0.4) is 0 Å². The number of anilines is 1. The molecule has 0 unspecified atom stereocenters. The lowest BCUT2D eigenvalue weighted by Gasteiger charge is -2.38. The van der Waals surface area contributed by atoms with E-state index in [4.69, 9.17) is 14.2 Å². The highest BCUT2D eigenvalue weighted by molar-refractivity contribution is 7.18. The van der Waals surface area contributed by atoms with E-state index in [1.807, 2.05) is 41.3 Å². The Labute approximate surface area is 235 Å². The number of benzene rings is 1. The predicted molar refractivity (Wildman–Crippen MR) is 151 cm³/mol. The third kappa shape index (κ3) is 7.60. The first-order chi connectivity index (χ1) is 18.7. The molecule has 2 fully saturated rings. The number of carbonyl (C=O) groups excluding carboxylic acids is 3. The molecule has 39 heavy (non-hydrogen) atoms. The van der Waals surface area contributed by atoms with Crippen molar-refractivity contribution in [2.75, 3.05) is 31.8 Å². The van der Waals surface area contributed by atoms with Crippen LogP contribution in [0.2, 0.25) is 0 Å². The van der Waals surface area contributed by atoms with Crippen molar-refractivity contribution in [1.29, 1.82) is 0 Å². The molecule has 0 radical (unpaired) electrons. The summed E-state index contributed by atoms with van der Waals surface area (Å²) in [6.45, 7) is 7.04. The minimum absolute atomic E-state index is 0.0163. The van der Waals surface area contributed by atoms with Gasteiger partial charge in [-0.1, -0.05) is 37.3 Å². The van der Waals surface area contributed by atoms with Crippen LogP contribution in [0.4, 0.5) is 10.5 Å². The van der Waals surface area contributed by atoms with Crippen LogP contribution in [0, 0.1) is 11.8 Å². The minimum atomic E-state index is -0.897. The van der Waals surface area contributed by atoms with Crippen LogP contribution in [-0.4, -0.2) is 57.1 Å². The second-order valence-corrected chi connectivity index (χ2v) is 12.2. The quantitative estimate of drug-likeness (QED) is 0.366. The Morgan fingerprint density at radius 3 is 2.31 bits per heavy atom. The van der Waals surface area contributed by atoms with Gasteiger partial charge in [-0.15, -0.1) is 11.3 Å². The SMILES string of the molecule is CC1CCC(C(=O)N(c2cc(-c3ccccc3)sc2C(=O)OCOC(=O)OC(C)C)C2CC[NH+](C)CC2)CC1. The van der Waals surface area contributed by atoms with Gasteiger partial charge in [-0.05, 0) is 57.1 Å². The van der Waals surface area contributed by atoms with E-state index in [2.05, 4.69) is 14.0 Å².